The Kier molecular flexibility index (Phi) is 25.6. The van der Waals surface area contributed by atoms with Gasteiger partial charge in [-0.1, -0.05) is 95.9 Å². The fraction of sp³-hybridized carbons (Fsp3) is 0.833. The van der Waals surface area contributed by atoms with E-state index in [0.717, 1.165) is 83.5 Å². The van der Waals surface area contributed by atoms with Crippen LogP contribution >= 0.6 is 0 Å². The van der Waals surface area contributed by atoms with E-state index < -0.39 is 71.2 Å². The van der Waals surface area contributed by atoms with Crippen LogP contribution in [0.25, 0.3) is 0 Å². The summed E-state index contributed by atoms with van der Waals surface area (Å²) in [4.78, 5) is 25.1. The Morgan fingerprint density at radius 3 is 1.78 bits per heavy atom. The maximum Gasteiger partial charge on any atom is 0.306 e. The molecule has 13 heteroatoms. The Morgan fingerprint density at radius 1 is 0.673 bits per heavy atom. The Balaban J connectivity index is 2.57. The molecule has 1 aliphatic heterocycles. The minimum absolute atomic E-state index is 0.152. The van der Waals surface area contributed by atoms with E-state index in [9.17, 15) is 37.9 Å². The summed E-state index contributed by atoms with van der Waals surface area (Å²) in [7, 11) is -4.59. The molecule has 0 aromatic rings. The Bertz CT molecular complexity index is 1030. The number of aliphatic hydroxyl groups excluding tert-OH is 3. The summed E-state index contributed by atoms with van der Waals surface area (Å²) in [6, 6.07) is 0. The first kappa shape index (κ1) is 45.2. The second-order valence-corrected chi connectivity index (χ2v) is 14.4. The molecule has 0 aromatic carbocycles. The van der Waals surface area contributed by atoms with Gasteiger partial charge < -0.3 is 34.3 Å². The van der Waals surface area contributed by atoms with E-state index in [2.05, 4.69) is 38.2 Å². The minimum atomic E-state index is -4.59. The first-order valence-electron chi connectivity index (χ1n) is 18.4. The highest BCUT2D eigenvalue weighted by Gasteiger charge is 2.46. The third kappa shape index (κ3) is 23.3. The number of unbranched alkanes of at least 4 members (excludes halogenated alkanes) is 13. The number of ether oxygens (including phenoxy) is 4. The van der Waals surface area contributed by atoms with Gasteiger partial charge in [-0.25, -0.2) is 0 Å². The highest BCUT2D eigenvalue weighted by Crippen LogP contribution is 2.24. The third-order valence-corrected chi connectivity index (χ3v) is 8.98. The lowest BCUT2D eigenvalue weighted by Gasteiger charge is -2.40. The monoisotopic (exact) mass is 720 g/mol. The van der Waals surface area contributed by atoms with Crippen molar-refractivity contribution < 1.29 is 56.8 Å². The molecule has 1 aliphatic rings. The van der Waals surface area contributed by atoms with Crippen LogP contribution in [0.15, 0.2) is 24.3 Å². The van der Waals surface area contributed by atoms with Crippen LogP contribution in [-0.2, 0) is 38.7 Å². The van der Waals surface area contributed by atoms with Gasteiger partial charge in [0, 0.05) is 12.8 Å². The molecule has 6 unspecified atom stereocenters. The number of rotatable bonds is 29. The van der Waals surface area contributed by atoms with Crippen molar-refractivity contribution in [3.8, 4) is 0 Å². The van der Waals surface area contributed by atoms with Gasteiger partial charge in [0.15, 0.2) is 12.4 Å². The van der Waals surface area contributed by atoms with Crippen molar-refractivity contribution in [1.82, 2.24) is 0 Å². The molecule has 0 aliphatic carbocycles. The van der Waals surface area contributed by atoms with E-state index >= 15 is 0 Å². The lowest BCUT2D eigenvalue weighted by atomic mass is 10.00. The molecule has 0 radical (unpaired) electrons. The van der Waals surface area contributed by atoms with Crippen molar-refractivity contribution in [2.75, 3.05) is 19.0 Å². The van der Waals surface area contributed by atoms with Crippen LogP contribution in [0.1, 0.15) is 136 Å². The molecule has 286 valence electrons. The maximum absolute atomic E-state index is 12.7. The molecule has 1 fully saturated rings. The number of aliphatic hydroxyl groups is 3. The number of hydrogen-bond donors (Lipinski definition) is 4. The average molecular weight is 721 g/mol. The predicted molar refractivity (Wildman–Crippen MR) is 187 cm³/mol. The zero-order valence-electron chi connectivity index (χ0n) is 29.8. The number of allylic oxidation sites excluding steroid dienone is 4. The smallest absolute Gasteiger partial charge is 0.306 e. The zero-order valence-corrected chi connectivity index (χ0v) is 30.6. The van der Waals surface area contributed by atoms with Gasteiger partial charge in [0.2, 0.25) is 0 Å². The average Bonchev–Trinajstić information content (AvgIpc) is 3.05. The lowest BCUT2D eigenvalue weighted by molar-refractivity contribution is -0.297. The van der Waals surface area contributed by atoms with Gasteiger partial charge >= 0.3 is 11.9 Å². The van der Waals surface area contributed by atoms with Crippen molar-refractivity contribution in [2.45, 2.75) is 173 Å². The van der Waals surface area contributed by atoms with Crippen molar-refractivity contribution in [2.24, 2.45) is 0 Å². The molecule has 0 spiro atoms. The van der Waals surface area contributed by atoms with Gasteiger partial charge in [0.25, 0.3) is 10.1 Å². The summed E-state index contributed by atoms with van der Waals surface area (Å²) >= 11 is 0. The standard InChI is InChI=1S/C36H64O12S/c1-3-5-7-9-11-13-15-17-19-21-23-25-32(38)47-29(26-45-31(37)24-22-20-18-16-14-12-10-8-6-4-2)27-46-36-35(41)34(40)33(39)30(48-36)28-49(42,43)44/h8-11,29-30,33-36,39-41H,3-7,12-28H2,1-2H3,(H,42,43,44)/b10-8-,11-9-. The van der Waals surface area contributed by atoms with E-state index in [0.29, 0.717) is 12.8 Å². The fourth-order valence-corrected chi connectivity index (χ4v) is 6.00. The molecule has 1 heterocycles. The Hall–Kier alpha value is -1.87. The van der Waals surface area contributed by atoms with Crippen molar-refractivity contribution in [3.05, 3.63) is 24.3 Å². The van der Waals surface area contributed by atoms with E-state index in [1.807, 2.05) is 0 Å². The van der Waals surface area contributed by atoms with Crippen LogP contribution in [0.5, 0.6) is 0 Å². The predicted octanol–water partition coefficient (Wildman–Crippen LogP) is 5.72. The van der Waals surface area contributed by atoms with Crippen molar-refractivity contribution >= 4 is 22.1 Å². The van der Waals surface area contributed by atoms with Crippen LogP contribution < -0.4 is 0 Å². The molecule has 49 heavy (non-hydrogen) atoms. The van der Waals surface area contributed by atoms with E-state index in [1.165, 1.54) is 12.8 Å². The Morgan fingerprint density at radius 2 is 1.20 bits per heavy atom. The van der Waals surface area contributed by atoms with Gasteiger partial charge in [-0.3, -0.25) is 14.1 Å². The highest BCUT2D eigenvalue weighted by atomic mass is 32.2. The molecule has 1 saturated heterocycles. The first-order chi connectivity index (χ1) is 23.5. The molecule has 4 N–H and O–H groups in total. The summed E-state index contributed by atoms with van der Waals surface area (Å²) in [5.41, 5.74) is 0. The SMILES string of the molecule is CCC/C=C\CCCCCCCC(=O)OCC(COC1OC(CS(=O)(=O)O)C(O)C(O)C1O)OC(=O)CCCCCCC/C=C\CCCC. The van der Waals surface area contributed by atoms with Crippen molar-refractivity contribution in [1.29, 1.82) is 0 Å². The molecule has 0 aromatic heterocycles. The number of esters is 2. The van der Waals surface area contributed by atoms with Crippen LogP contribution in [0.2, 0.25) is 0 Å². The number of carbonyl (C=O) groups is 2. The summed E-state index contributed by atoms with van der Waals surface area (Å²) < 4.78 is 53.6. The molecule has 0 amide bonds. The quantitative estimate of drug-likeness (QED) is 0.0319. The molecule has 0 saturated carbocycles. The molecule has 1 rings (SSSR count). The molecule has 12 nitrogen and oxygen atoms in total. The summed E-state index contributed by atoms with van der Waals surface area (Å²) in [5.74, 6) is -2.01. The Labute approximate surface area is 294 Å². The van der Waals surface area contributed by atoms with Gasteiger partial charge in [0.1, 0.15) is 36.8 Å². The van der Waals surface area contributed by atoms with Crippen LogP contribution in [0.3, 0.4) is 0 Å². The van der Waals surface area contributed by atoms with Crippen LogP contribution in [0.4, 0.5) is 0 Å². The molecular weight excluding hydrogens is 656 g/mol. The first-order valence-corrected chi connectivity index (χ1v) is 20.0. The normalized spacial score (nSPS) is 22.1. The van der Waals surface area contributed by atoms with Crippen LogP contribution in [-0.4, -0.2) is 96.0 Å². The summed E-state index contributed by atoms with van der Waals surface area (Å²) in [6.45, 7) is 3.59. The second-order valence-electron chi connectivity index (χ2n) is 12.9. The van der Waals surface area contributed by atoms with Gasteiger partial charge in [-0.15, -0.1) is 0 Å². The third-order valence-electron chi connectivity index (χ3n) is 8.23. The molecule has 6 atom stereocenters. The molecular formula is C36H64O12S. The second kappa shape index (κ2) is 27.8. The van der Waals surface area contributed by atoms with E-state index in [4.69, 9.17) is 18.9 Å². The topological polar surface area (TPSA) is 186 Å². The fourth-order valence-electron chi connectivity index (χ4n) is 5.30. The molecule has 0 bridgehead atoms. The lowest BCUT2D eigenvalue weighted by Crippen LogP contribution is -2.60. The summed E-state index contributed by atoms with van der Waals surface area (Å²) in [5, 5.41) is 30.7. The van der Waals surface area contributed by atoms with Gasteiger partial charge in [-0.05, 0) is 51.4 Å². The van der Waals surface area contributed by atoms with Gasteiger partial charge in [0.05, 0.1) is 6.61 Å². The number of hydrogen-bond acceptors (Lipinski definition) is 11. The number of carbonyl (C=O) groups excluding carboxylic acids is 2. The maximum atomic E-state index is 12.7. The van der Waals surface area contributed by atoms with E-state index in [1.54, 1.807) is 0 Å². The van der Waals surface area contributed by atoms with Crippen LogP contribution in [0, 0.1) is 0 Å². The minimum Gasteiger partial charge on any atom is -0.462 e. The zero-order chi connectivity index (χ0) is 36.3. The highest BCUT2D eigenvalue weighted by molar-refractivity contribution is 7.85. The van der Waals surface area contributed by atoms with E-state index in [-0.39, 0.29) is 19.4 Å². The van der Waals surface area contributed by atoms with Crippen molar-refractivity contribution in [3.63, 3.8) is 0 Å². The summed E-state index contributed by atoms with van der Waals surface area (Å²) in [6.07, 6.45) is 16.8. The largest absolute Gasteiger partial charge is 0.462 e. The van der Waals surface area contributed by atoms with Gasteiger partial charge in [-0.2, -0.15) is 8.42 Å².